The number of hydrogen-bond acceptors (Lipinski definition) is 4. The fourth-order valence-corrected chi connectivity index (χ4v) is 3.20. The van der Waals surface area contributed by atoms with Crippen molar-refractivity contribution >= 4 is 11.9 Å². The predicted octanol–water partition coefficient (Wildman–Crippen LogP) is 3.74. The molecule has 0 aliphatic heterocycles. The molecular weight excluding hydrogens is 306 g/mol. The fourth-order valence-electron chi connectivity index (χ4n) is 3.20. The van der Waals surface area contributed by atoms with Crippen LogP contribution in [0.25, 0.3) is 0 Å². The highest BCUT2D eigenvalue weighted by molar-refractivity contribution is 6.09. The number of carbonyl (C=O) groups is 2. The summed E-state index contributed by atoms with van der Waals surface area (Å²) in [6, 6.07) is 0. The molecule has 0 unspecified atom stereocenters. The van der Waals surface area contributed by atoms with Gasteiger partial charge in [-0.05, 0) is 56.1 Å². The molecule has 0 heterocycles. The maximum atomic E-state index is 12.5. The molecule has 0 radical (unpaired) electrons. The van der Waals surface area contributed by atoms with Gasteiger partial charge in [-0.15, -0.1) is 0 Å². The van der Waals surface area contributed by atoms with E-state index in [4.69, 9.17) is 9.47 Å². The summed E-state index contributed by atoms with van der Waals surface area (Å²) < 4.78 is 9.84. The monoisotopic (exact) mass is 328 g/mol. The lowest BCUT2D eigenvalue weighted by Crippen LogP contribution is -2.18. The van der Waals surface area contributed by atoms with Crippen molar-refractivity contribution in [3.63, 3.8) is 0 Å². The second-order valence-corrected chi connectivity index (χ2v) is 5.94. The standard InChI is InChI=1S/C20H22O4/c1-11-9-13(3)16-12(2)7-8-15(19(21)23-5)18(20(22)24-6)17(16)14(4)10-11/h7-10H,1-6H3/i12+1,16+1. The number of carbonyl (C=O) groups excluding carboxylic acids is 2. The Labute approximate surface area is 142 Å². The molecule has 0 N–H and O–H groups in total. The number of hydrogen-bond donors (Lipinski definition) is 0. The zero-order valence-electron chi connectivity index (χ0n) is 14.9. The van der Waals surface area contributed by atoms with Crippen LogP contribution in [-0.2, 0) is 19.1 Å². The first-order chi connectivity index (χ1) is 11.3. The zero-order chi connectivity index (χ0) is 18.0. The Morgan fingerprint density at radius 2 is 1.42 bits per heavy atom. The second kappa shape index (κ2) is 6.87. The lowest BCUT2D eigenvalue weighted by molar-refractivity contribution is -0.139. The van der Waals surface area contributed by atoms with Gasteiger partial charge in [0.2, 0.25) is 0 Å². The van der Waals surface area contributed by atoms with Crippen molar-refractivity contribution in [3.8, 4) is 0 Å². The highest BCUT2D eigenvalue weighted by atomic mass is 16.5. The van der Waals surface area contributed by atoms with E-state index >= 15 is 0 Å². The molecular formula is C20H22O4. The van der Waals surface area contributed by atoms with Crippen LogP contribution >= 0.6 is 0 Å². The van der Waals surface area contributed by atoms with Gasteiger partial charge >= 0.3 is 11.9 Å². The van der Waals surface area contributed by atoms with Gasteiger partial charge in [0, 0.05) is 5.57 Å². The van der Waals surface area contributed by atoms with Gasteiger partial charge in [-0.2, -0.15) is 0 Å². The van der Waals surface area contributed by atoms with Crippen molar-refractivity contribution in [3.05, 3.63) is 68.9 Å². The predicted molar refractivity (Wildman–Crippen MR) is 93.1 cm³/mol. The van der Waals surface area contributed by atoms with Crippen LogP contribution in [0.2, 0.25) is 0 Å². The fraction of sp³-hybridized carbons (Fsp3) is 0.300. The molecule has 0 atom stereocenters. The summed E-state index contributed by atoms with van der Waals surface area (Å²) in [5, 5.41) is 0. The van der Waals surface area contributed by atoms with Crippen molar-refractivity contribution < 1.29 is 19.1 Å². The van der Waals surface area contributed by atoms with Gasteiger partial charge < -0.3 is 9.47 Å². The van der Waals surface area contributed by atoms with E-state index in [0.29, 0.717) is 0 Å². The van der Waals surface area contributed by atoms with Crippen molar-refractivity contribution in [2.75, 3.05) is 14.2 Å². The number of esters is 2. The summed E-state index contributed by atoms with van der Waals surface area (Å²) in [5.74, 6) is -1.12. The van der Waals surface area contributed by atoms with E-state index in [-0.39, 0.29) is 11.1 Å². The third kappa shape index (κ3) is 3.04. The SMILES string of the molecule is COC(=O)C1=CC=[13C](C)[13C]2=C(C)C=C(C)C=C(C)C2=C1C(=O)OC. The van der Waals surface area contributed by atoms with E-state index in [0.717, 1.165) is 33.4 Å². The number of allylic oxidation sites excluding steroid dienone is 10. The zero-order valence-corrected chi connectivity index (χ0v) is 14.9. The molecule has 0 amide bonds. The summed E-state index contributed by atoms with van der Waals surface area (Å²) in [5.41, 5.74) is 6.09. The molecule has 2 aliphatic rings. The van der Waals surface area contributed by atoms with E-state index < -0.39 is 11.9 Å². The molecule has 2 rings (SSSR count). The van der Waals surface area contributed by atoms with Crippen LogP contribution in [0.5, 0.6) is 0 Å². The minimum Gasteiger partial charge on any atom is -0.465 e. The minimum absolute atomic E-state index is 0.203. The Balaban J connectivity index is 2.96. The summed E-state index contributed by atoms with van der Waals surface area (Å²) in [7, 11) is 2.61. The highest BCUT2D eigenvalue weighted by Gasteiger charge is 2.31. The smallest absolute Gasteiger partial charge is 0.339 e. The van der Waals surface area contributed by atoms with Crippen LogP contribution in [-0.4, -0.2) is 26.2 Å². The van der Waals surface area contributed by atoms with Gasteiger partial charge in [-0.1, -0.05) is 23.8 Å². The topological polar surface area (TPSA) is 52.6 Å². The Hall–Kier alpha value is -2.62. The van der Waals surface area contributed by atoms with E-state index in [1.165, 1.54) is 14.2 Å². The highest BCUT2D eigenvalue weighted by Crippen LogP contribution is 2.39. The average Bonchev–Trinajstić information content (AvgIpc) is 2.75. The summed E-state index contributed by atoms with van der Waals surface area (Å²) in [6.45, 7) is 7.90. The quantitative estimate of drug-likeness (QED) is 0.572. The summed E-state index contributed by atoms with van der Waals surface area (Å²) >= 11 is 0. The lowest BCUT2D eigenvalue weighted by Gasteiger charge is -2.18. The van der Waals surface area contributed by atoms with Crippen molar-refractivity contribution in [1.29, 1.82) is 0 Å². The molecule has 2 aliphatic carbocycles. The molecule has 0 aromatic rings. The van der Waals surface area contributed by atoms with E-state index in [2.05, 4.69) is 6.08 Å². The van der Waals surface area contributed by atoms with Gasteiger partial charge in [0.1, 0.15) is 0 Å². The molecule has 0 aromatic carbocycles. The third-order valence-corrected chi connectivity index (χ3v) is 4.14. The van der Waals surface area contributed by atoms with Crippen LogP contribution in [0, 0.1) is 0 Å². The van der Waals surface area contributed by atoms with Crippen LogP contribution in [0.1, 0.15) is 27.7 Å². The summed E-state index contributed by atoms with van der Waals surface area (Å²) in [6.07, 6.45) is 7.53. The van der Waals surface area contributed by atoms with Crippen LogP contribution in [0.4, 0.5) is 0 Å². The molecule has 24 heavy (non-hydrogen) atoms. The molecule has 0 spiro atoms. The van der Waals surface area contributed by atoms with Crippen LogP contribution in [0.15, 0.2) is 68.9 Å². The largest absolute Gasteiger partial charge is 0.465 e. The van der Waals surface area contributed by atoms with E-state index in [9.17, 15) is 9.59 Å². The summed E-state index contributed by atoms with van der Waals surface area (Å²) in [4.78, 5) is 24.8. The Kier molecular flexibility index (Phi) is 5.07. The van der Waals surface area contributed by atoms with Crippen LogP contribution < -0.4 is 0 Å². The van der Waals surface area contributed by atoms with E-state index in [1.54, 1.807) is 6.08 Å². The molecule has 126 valence electrons. The van der Waals surface area contributed by atoms with Crippen molar-refractivity contribution in [1.82, 2.24) is 0 Å². The molecule has 4 nitrogen and oxygen atoms in total. The van der Waals surface area contributed by atoms with Crippen LogP contribution in [0.3, 0.4) is 0 Å². The molecule has 0 saturated heterocycles. The third-order valence-electron chi connectivity index (χ3n) is 4.14. The number of ether oxygens (including phenoxy) is 2. The second-order valence-electron chi connectivity index (χ2n) is 5.94. The number of rotatable bonds is 2. The molecule has 4 heteroatoms. The van der Waals surface area contributed by atoms with Gasteiger partial charge in [0.05, 0.1) is 25.4 Å². The van der Waals surface area contributed by atoms with Crippen molar-refractivity contribution in [2.24, 2.45) is 0 Å². The molecule has 0 aromatic heterocycles. The maximum absolute atomic E-state index is 12.5. The molecule has 0 bridgehead atoms. The normalized spacial score (nSPS) is 17.8. The van der Waals surface area contributed by atoms with Crippen molar-refractivity contribution in [2.45, 2.75) is 27.7 Å². The first kappa shape index (κ1) is 17.7. The molecule has 0 saturated carbocycles. The lowest BCUT2D eigenvalue weighted by atomic mass is 9.97. The van der Waals surface area contributed by atoms with E-state index in [1.807, 2.05) is 39.8 Å². The number of methoxy groups -OCH3 is 2. The molecule has 0 fully saturated rings. The van der Waals surface area contributed by atoms with Gasteiger partial charge in [-0.25, -0.2) is 9.59 Å². The Morgan fingerprint density at radius 1 is 0.792 bits per heavy atom. The Morgan fingerprint density at radius 3 is 2.00 bits per heavy atom. The van der Waals surface area contributed by atoms with Gasteiger partial charge in [-0.3, -0.25) is 0 Å². The average molecular weight is 328 g/mol. The maximum Gasteiger partial charge on any atom is 0.339 e. The minimum atomic E-state index is -0.562. The first-order valence-corrected chi connectivity index (χ1v) is 7.70. The van der Waals surface area contributed by atoms with Gasteiger partial charge in [0.25, 0.3) is 0 Å². The number of fused-ring (bicyclic) bond motifs is 1. The first-order valence-electron chi connectivity index (χ1n) is 7.70. The van der Waals surface area contributed by atoms with Gasteiger partial charge in [0.15, 0.2) is 0 Å². The Bertz CT molecular complexity index is 795.